The van der Waals surface area contributed by atoms with Gasteiger partial charge < -0.3 is 15.0 Å². The second kappa shape index (κ2) is 6.17. The van der Waals surface area contributed by atoms with Crippen molar-refractivity contribution in [1.82, 2.24) is 10.2 Å². The van der Waals surface area contributed by atoms with Crippen LogP contribution in [0.1, 0.15) is 45.4 Å². The molecule has 2 fully saturated rings. The number of morpholine rings is 1. The number of likely N-dealkylation sites (tertiary alicyclic amines) is 1. The highest BCUT2D eigenvalue weighted by Gasteiger charge is 2.42. The predicted molar refractivity (Wildman–Crippen MR) is 71.3 cm³/mol. The molecule has 3 nitrogen and oxygen atoms in total. The van der Waals surface area contributed by atoms with Crippen molar-refractivity contribution in [3.63, 3.8) is 0 Å². The minimum Gasteiger partial charge on any atom is -0.372 e. The molecule has 1 N–H and O–H groups in total. The molecule has 1 spiro atoms. The van der Waals surface area contributed by atoms with Crippen molar-refractivity contribution < 1.29 is 4.74 Å². The number of unbranched alkanes of at least 4 members (excludes halogenated alkanes) is 1. The third kappa shape index (κ3) is 3.21. The highest BCUT2D eigenvalue weighted by molar-refractivity contribution is 4.97. The van der Waals surface area contributed by atoms with Gasteiger partial charge in [-0.1, -0.05) is 19.8 Å². The van der Waals surface area contributed by atoms with E-state index in [1.165, 1.54) is 51.6 Å². The van der Waals surface area contributed by atoms with Crippen LogP contribution in [-0.4, -0.2) is 49.8 Å². The smallest absolute Gasteiger partial charge is 0.0848 e. The standard InChI is InChI=1S/C14H28N2O/c1-3-4-6-13-14(17-12-9-15-13)7-5-10-16(2)11-8-14/h13,15H,3-12H2,1-2H3. The van der Waals surface area contributed by atoms with Crippen LogP contribution in [-0.2, 0) is 4.74 Å². The highest BCUT2D eigenvalue weighted by Crippen LogP contribution is 2.33. The second-order valence-electron chi connectivity index (χ2n) is 5.72. The monoisotopic (exact) mass is 240 g/mol. The van der Waals surface area contributed by atoms with E-state index in [0.29, 0.717) is 6.04 Å². The van der Waals surface area contributed by atoms with Crippen LogP contribution in [0.4, 0.5) is 0 Å². The van der Waals surface area contributed by atoms with Gasteiger partial charge in [0.2, 0.25) is 0 Å². The minimum absolute atomic E-state index is 0.137. The van der Waals surface area contributed by atoms with Gasteiger partial charge in [-0.3, -0.25) is 0 Å². The Labute approximate surface area is 106 Å². The number of nitrogens with one attached hydrogen (secondary N) is 1. The molecule has 17 heavy (non-hydrogen) atoms. The number of rotatable bonds is 3. The summed E-state index contributed by atoms with van der Waals surface area (Å²) in [4.78, 5) is 2.45. The Balaban J connectivity index is 2.01. The first-order valence-corrected chi connectivity index (χ1v) is 7.33. The van der Waals surface area contributed by atoms with Crippen LogP contribution in [0, 0.1) is 0 Å². The van der Waals surface area contributed by atoms with Crippen LogP contribution >= 0.6 is 0 Å². The third-order valence-corrected chi connectivity index (χ3v) is 4.42. The van der Waals surface area contributed by atoms with E-state index in [9.17, 15) is 0 Å². The van der Waals surface area contributed by atoms with Crippen LogP contribution in [0.25, 0.3) is 0 Å². The summed E-state index contributed by atoms with van der Waals surface area (Å²) in [6.45, 7) is 6.62. The van der Waals surface area contributed by atoms with Crippen molar-refractivity contribution in [3.05, 3.63) is 0 Å². The molecule has 0 amide bonds. The quantitative estimate of drug-likeness (QED) is 0.817. The Morgan fingerprint density at radius 1 is 1.35 bits per heavy atom. The molecule has 0 aromatic heterocycles. The summed E-state index contributed by atoms with van der Waals surface area (Å²) in [6.07, 6.45) is 7.59. The lowest BCUT2D eigenvalue weighted by Crippen LogP contribution is -2.58. The van der Waals surface area contributed by atoms with Gasteiger partial charge in [0, 0.05) is 19.1 Å². The van der Waals surface area contributed by atoms with E-state index in [2.05, 4.69) is 24.2 Å². The van der Waals surface area contributed by atoms with Crippen molar-refractivity contribution in [2.24, 2.45) is 0 Å². The zero-order valence-electron chi connectivity index (χ0n) is 11.5. The summed E-state index contributed by atoms with van der Waals surface area (Å²) in [5.74, 6) is 0. The van der Waals surface area contributed by atoms with E-state index in [4.69, 9.17) is 4.74 Å². The molecule has 0 aromatic carbocycles. The van der Waals surface area contributed by atoms with E-state index in [0.717, 1.165) is 13.2 Å². The van der Waals surface area contributed by atoms with Gasteiger partial charge in [-0.05, 0) is 39.3 Å². The summed E-state index contributed by atoms with van der Waals surface area (Å²) in [5, 5.41) is 3.71. The van der Waals surface area contributed by atoms with Gasteiger partial charge in [0.05, 0.1) is 12.2 Å². The van der Waals surface area contributed by atoms with Gasteiger partial charge in [-0.25, -0.2) is 0 Å². The lowest BCUT2D eigenvalue weighted by Gasteiger charge is -2.44. The van der Waals surface area contributed by atoms with Crippen molar-refractivity contribution in [2.75, 3.05) is 33.3 Å². The van der Waals surface area contributed by atoms with Crippen molar-refractivity contribution >= 4 is 0 Å². The van der Waals surface area contributed by atoms with Crippen LogP contribution in [0.2, 0.25) is 0 Å². The Kier molecular flexibility index (Phi) is 4.83. The van der Waals surface area contributed by atoms with Crippen LogP contribution in [0.15, 0.2) is 0 Å². The van der Waals surface area contributed by atoms with Crippen LogP contribution in [0.3, 0.4) is 0 Å². The van der Waals surface area contributed by atoms with Gasteiger partial charge in [0.1, 0.15) is 0 Å². The number of hydrogen-bond donors (Lipinski definition) is 1. The maximum absolute atomic E-state index is 6.26. The molecule has 0 saturated carbocycles. The molecule has 100 valence electrons. The fourth-order valence-corrected chi connectivity index (χ4v) is 3.31. The fourth-order valence-electron chi connectivity index (χ4n) is 3.31. The normalized spacial score (nSPS) is 36.0. The molecule has 2 heterocycles. The summed E-state index contributed by atoms with van der Waals surface area (Å²) >= 11 is 0. The topological polar surface area (TPSA) is 24.5 Å². The molecule has 2 aliphatic heterocycles. The molecular formula is C14H28N2O. The zero-order valence-corrected chi connectivity index (χ0v) is 11.5. The van der Waals surface area contributed by atoms with Crippen LogP contribution < -0.4 is 5.32 Å². The van der Waals surface area contributed by atoms with Gasteiger partial charge >= 0.3 is 0 Å². The Bertz CT molecular complexity index is 234. The summed E-state index contributed by atoms with van der Waals surface area (Å²) < 4.78 is 6.26. The lowest BCUT2D eigenvalue weighted by atomic mass is 9.82. The Morgan fingerprint density at radius 3 is 3.06 bits per heavy atom. The van der Waals surface area contributed by atoms with Crippen LogP contribution in [0.5, 0.6) is 0 Å². The van der Waals surface area contributed by atoms with Crippen molar-refractivity contribution in [2.45, 2.75) is 57.1 Å². The third-order valence-electron chi connectivity index (χ3n) is 4.42. The fraction of sp³-hybridized carbons (Fsp3) is 1.00. The molecule has 3 heteroatoms. The van der Waals surface area contributed by atoms with Gasteiger partial charge in [-0.15, -0.1) is 0 Å². The molecule has 0 radical (unpaired) electrons. The lowest BCUT2D eigenvalue weighted by molar-refractivity contribution is -0.107. The van der Waals surface area contributed by atoms with E-state index in [1.807, 2.05) is 0 Å². The molecule has 2 rings (SSSR count). The van der Waals surface area contributed by atoms with Gasteiger partial charge in [0.25, 0.3) is 0 Å². The van der Waals surface area contributed by atoms with Gasteiger partial charge in [0.15, 0.2) is 0 Å². The highest BCUT2D eigenvalue weighted by atomic mass is 16.5. The van der Waals surface area contributed by atoms with E-state index < -0.39 is 0 Å². The maximum Gasteiger partial charge on any atom is 0.0848 e. The number of ether oxygens (including phenoxy) is 1. The first-order valence-electron chi connectivity index (χ1n) is 7.33. The summed E-state index contributed by atoms with van der Waals surface area (Å²) in [6, 6.07) is 0.586. The molecule has 2 saturated heterocycles. The Morgan fingerprint density at radius 2 is 2.24 bits per heavy atom. The maximum atomic E-state index is 6.26. The molecule has 0 bridgehead atoms. The number of nitrogens with zero attached hydrogens (tertiary/aromatic N) is 1. The van der Waals surface area contributed by atoms with Crippen molar-refractivity contribution in [3.8, 4) is 0 Å². The SMILES string of the molecule is CCCCC1NCCOC12CCCN(C)CC2. The van der Waals surface area contributed by atoms with E-state index >= 15 is 0 Å². The minimum atomic E-state index is 0.137. The van der Waals surface area contributed by atoms with Gasteiger partial charge in [-0.2, -0.15) is 0 Å². The summed E-state index contributed by atoms with van der Waals surface area (Å²) in [5.41, 5.74) is 0.137. The second-order valence-corrected chi connectivity index (χ2v) is 5.72. The molecule has 2 aliphatic rings. The van der Waals surface area contributed by atoms with Crippen molar-refractivity contribution in [1.29, 1.82) is 0 Å². The first kappa shape index (κ1) is 13.3. The molecule has 0 aromatic rings. The Hall–Kier alpha value is -0.120. The molecule has 2 unspecified atom stereocenters. The molecule has 0 aliphatic carbocycles. The molecule has 2 atom stereocenters. The molecular weight excluding hydrogens is 212 g/mol. The average molecular weight is 240 g/mol. The largest absolute Gasteiger partial charge is 0.372 e. The predicted octanol–water partition coefficient (Wildman–Crippen LogP) is 2.02. The average Bonchev–Trinajstić information content (AvgIpc) is 2.52. The summed E-state index contributed by atoms with van der Waals surface area (Å²) in [7, 11) is 2.23. The van der Waals surface area contributed by atoms with E-state index in [-0.39, 0.29) is 5.60 Å². The first-order chi connectivity index (χ1) is 8.27. The zero-order chi connectivity index (χ0) is 12.1. The van der Waals surface area contributed by atoms with E-state index in [1.54, 1.807) is 0 Å². The number of hydrogen-bond acceptors (Lipinski definition) is 3.